The molecule has 0 aliphatic carbocycles. The zero-order valence-corrected chi connectivity index (χ0v) is 16.7. The molecule has 6 nitrogen and oxygen atoms in total. The van der Waals surface area contributed by atoms with Crippen LogP contribution in [0.3, 0.4) is 0 Å². The Morgan fingerprint density at radius 2 is 1.90 bits per heavy atom. The zero-order chi connectivity index (χ0) is 20.3. The van der Waals surface area contributed by atoms with E-state index in [1.165, 1.54) is 5.56 Å². The van der Waals surface area contributed by atoms with Crippen LogP contribution in [0.2, 0.25) is 0 Å². The van der Waals surface area contributed by atoms with Crippen LogP contribution in [0, 0.1) is 0 Å². The van der Waals surface area contributed by atoms with Gasteiger partial charge in [-0.1, -0.05) is 42.5 Å². The predicted octanol–water partition coefficient (Wildman–Crippen LogP) is 3.52. The standard InChI is InChI=1S/C23H29NO5/c25-23(26)11-12-24-13-16-29-22(17-24)20-7-9-21(10-8-20)28-15-4-14-27-18-19-5-2-1-3-6-19/h1-3,5-10,22H,4,11-18H2,(H,25,26). The van der Waals surface area contributed by atoms with Gasteiger partial charge in [-0.05, 0) is 23.3 Å². The number of ether oxygens (including phenoxy) is 3. The van der Waals surface area contributed by atoms with Crippen LogP contribution in [0.4, 0.5) is 0 Å². The summed E-state index contributed by atoms with van der Waals surface area (Å²) in [5.74, 6) is 0.0651. The average molecular weight is 399 g/mol. The number of hydrogen-bond donors (Lipinski definition) is 1. The summed E-state index contributed by atoms with van der Waals surface area (Å²) >= 11 is 0. The Balaban J connectivity index is 1.34. The van der Waals surface area contributed by atoms with E-state index in [4.69, 9.17) is 19.3 Å². The quantitative estimate of drug-likeness (QED) is 0.583. The van der Waals surface area contributed by atoms with Gasteiger partial charge in [-0.15, -0.1) is 0 Å². The van der Waals surface area contributed by atoms with Crippen molar-refractivity contribution in [3.63, 3.8) is 0 Å². The molecule has 1 aliphatic rings. The minimum Gasteiger partial charge on any atom is -0.494 e. The number of nitrogens with zero attached hydrogens (tertiary/aromatic N) is 1. The van der Waals surface area contributed by atoms with Gasteiger partial charge < -0.3 is 19.3 Å². The second-order valence-corrected chi connectivity index (χ2v) is 7.11. The first-order valence-electron chi connectivity index (χ1n) is 10.1. The molecule has 0 radical (unpaired) electrons. The van der Waals surface area contributed by atoms with E-state index in [2.05, 4.69) is 17.0 Å². The molecule has 156 valence electrons. The SMILES string of the molecule is O=C(O)CCN1CCOC(c2ccc(OCCCOCc3ccccc3)cc2)C1. The first kappa shape index (κ1) is 21.3. The van der Waals surface area contributed by atoms with Crippen molar-refractivity contribution in [1.29, 1.82) is 0 Å². The highest BCUT2D eigenvalue weighted by Crippen LogP contribution is 2.24. The number of carboxylic acids is 1. The van der Waals surface area contributed by atoms with Crippen LogP contribution in [0.5, 0.6) is 5.75 Å². The Hall–Kier alpha value is -2.41. The van der Waals surface area contributed by atoms with Gasteiger partial charge in [0.25, 0.3) is 0 Å². The molecule has 1 aliphatic heterocycles. The average Bonchev–Trinajstić information content (AvgIpc) is 2.76. The molecule has 1 heterocycles. The van der Waals surface area contributed by atoms with Gasteiger partial charge in [0.05, 0.1) is 39.0 Å². The normalized spacial score (nSPS) is 17.2. The Morgan fingerprint density at radius 3 is 2.66 bits per heavy atom. The topological polar surface area (TPSA) is 68.2 Å². The second kappa shape index (κ2) is 11.6. The van der Waals surface area contributed by atoms with Gasteiger partial charge in [0.1, 0.15) is 5.75 Å². The molecule has 6 heteroatoms. The Kier molecular flexibility index (Phi) is 8.49. The smallest absolute Gasteiger partial charge is 0.304 e. The van der Waals surface area contributed by atoms with E-state index >= 15 is 0 Å². The van der Waals surface area contributed by atoms with Crippen LogP contribution >= 0.6 is 0 Å². The van der Waals surface area contributed by atoms with Crippen LogP contribution in [0.25, 0.3) is 0 Å². The van der Waals surface area contributed by atoms with E-state index in [9.17, 15) is 4.79 Å². The molecule has 2 aromatic carbocycles. The van der Waals surface area contributed by atoms with Gasteiger partial charge in [0.2, 0.25) is 0 Å². The van der Waals surface area contributed by atoms with Crippen LogP contribution in [0.1, 0.15) is 30.1 Å². The van der Waals surface area contributed by atoms with Gasteiger partial charge in [-0.3, -0.25) is 9.69 Å². The molecule has 0 spiro atoms. The lowest BCUT2D eigenvalue weighted by molar-refractivity contribution is -0.137. The summed E-state index contributed by atoms with van der Waals surface area (Å²) < 4.78 is 17.3. The molecular weight excluding hydrogens is 370 g/mol. The van der Waals surface area contributed by atoms with Crippen molar-refractivity contribution < 1.29 is 24.1 Å². The molecule has 1 saturated heterocycles. The van der Waals surface area contributed by atoms with Crippen molar-refractivity contribution in [2.24, 2.45) is 0 Å². The fourth-order valence-electron chi connectivity index (χ4n) is 3.26. The summed E-state index contributed by atoms with van der Waals surface area (Å²) in [6.07, 6.45) is 0.964. The molecule has 29 heavy (non-hydrogen) atoms. The van der Waals surface area contributed by atoms with E-state index < -0.39 is 5.97 Å². The van der Waals surface area contributed by atoms with Crippen molar-refractivity contribution in [3.05, 3.63) is 65.7 Å². The zero-order valence-electron chi connectivity index (χ0n) is 16.7. The predicted molar refractivity (Wildman–Crippen MR) is 110 cm³/mol. The van der Waals surface area contributed by atoms with Crippen molar-refractivity contribution >= 4 is 5.97 Å². The summed E-state index contributed by atoms with van der Waals surface area (Å²) in [6.45, 7) is 4.56. The third-order valence-electron chi connectivity index (χ3n) is 4.86. The molecule has 3 rings (SSSR count). The molecule has 2 aromatic rings. The van der Waals surface area contributed by atoms with Crippen molar-refractivity contribution in [2.45, 2.75) is 25.6 Å². The van der Waals surface area contributed by atoms with Gasteiger partial charge >= 0.3 is 5.97 Å². The van der Waals surface area contributed by atoms with Crippen molar-refractivity contribution in [2.75, 3.05) is 39.5 Å². The third kappa shape index (κ3) is 7.49. The minimum atomic E-state index is -0.764. The summed E-state index contributed by atoms with van der Waals surface area (Å²) in [5.41, 5.74) is 2.26. The van der Waals surface area contributed by atoms with Crippen molar-refractivity contribution in [3.8, 4) is 5.75 Å². The van der Waals surface area contributed by atoms with Gasteiger partial charge in [-0.2, -0.15) is 0 Å². The number of aliphatic carboxylic acids is 1. The fraction of sp³-hybridized carbons (Fsp3) is 0.435. The maximum absolute atomic E-state index is 10.8. The Morgan fingerprint density at radius 1 is 1.10 bits per heavy atom. The monoisotopic (exact) mass is 399 g/mol. The van der Waals surface area contributed by atoms with E-state index in [1.807, 2.05) is 42.5 Å². The van der Waals surface area contributed by atoms with Gasteiger partial charge in [-0.25, -0.2) is 0 Å². The number of benzene rings is 2. The molecule has 1 atom stereocenters. The van der Waals surface area contributed by atoms with E-state index in [0.717, 1.165) is 24.3 Å². The van der Waals surface area contributed by atoms with E-state index in [-0.39, 0.29) is 12.5 Å². The van der Waals surface area contributed by atoms with Crippen LogP contribution in [-0.4, -0.2) is 55.4 Å². The fourth-order valence-corrected chi connectivity index (χ4v) is 3.26. The second-order valence-electron chi connectivity index (χ2n) is 7.11. The lowest BCUT2D eigenvalue weighted by Crippen LogP contribution is -2.39. The highest BCUT2D eigenvalue weighted by molar-refractivity contribution is 5.66. The van der Waals surface area contributed by atoms with E-state index in [1.54, 1.807) is 0 Å². The Labute approximate surface area is 172 Å². The van der Waals surface area contributed by atoms with Gasteiger partial charge in [0.15, 0.2) is 0 Å². The van der Waals surface area contributed by atoms with Crippen LogP contribution in [-0.2, 0) is 20.9 Å². The van der Waals surface area contributed by atoms with Gasteiger partial charge in [0, 0.05) is 26.1 Å². The maximum Gasteiger partial charge on any atom is 0.304 e. The van der Waals surface area contributed by atoms with E-state index in [0.29, 0.717) is 39.5 Å². The number of carboxylic acid groups (broad SMARTS) is 1. The summed E-state index contributed by atoms with van der Waals surface area (Å²) in [5, 5.41) is 8.85. The maximum atomic E-state index is 10.8. The molecule has 0 bridgehead atoms. The number of hydrogen-bond acceptors (Lipinski definition) is 5. The molecule has 0 saturated carbocycles. The highest BCUT2D eigenvalue weighted by Gasteiger charge is 2.22. The molecule has 0 amide bonds. The van der Waals surface area contributed by atoms with Crippen LogP contribution < -0.4 is 4.74 Å². The first-order chi connectivity index (χ1) is 14.2. The molecule has 1 fully saturated rings. The highest BCUT2D eigenvalue weighted by atomic mass is 16.5. The Bertz CT molecular complexity index is 735. The molecule has 1 N–H and O–H groups in total. The number of carbonyl (C=O) groups is 1. The summed E-state index contributed by atoms with van der Waals surface area (Å²) in [6, 6.07) is 18.1. The number of rotatable bonds is 11. The molecule has 1 unspecified atom stereocenters. The lowest BCUT2D eigenvalue weighted by Gasteiger charge is -2.32. The third-order valence-corrected chi connectivity index (χ3v) is 4.86. The minimum absolute atomic E-state index is 0.0296. The molecular formula is C23H29NO5. The molecule has 0 aromatic heterocycles. The summed E-state index contributed by atoms with van der Waals surface area (Å²) in [7, 11) is 0. The first-order valence-corrected chi connectivity index (χ1v) is 10.1. The van der Waals surface area contributed by atoms with Crippen LogP contribution in [0.15, 0.2) is 54.6 Å². The lowest BCUT2D eigenvalue weighted by atomic mass is 10.1. The van der Waals surface area contributed by atoms with Crippen molar-refractivity contribution in [1.82, 2.24) is 4.90 Å². The number of morpholine rings is 1. The summed E-state index contributed by atoms with van der Waals surface area (Å²) in [4.78, 5) is 12.9. The largest absolute Gasteiger partial charge is 0.494 e.